The first kappa shape index (κ1) is 17.3. The maximum absolute atomic E-state index is 12.2. The lowest BCUT2D eigenvalue weighted by Crippen LogP contribution is -2.53. The zero-order valence-corrected chi connectivity index (χ0v) is 14.4. The van der Waals surface area contributed by atoms with Gasteiger partial charge < -0.3 is 15.5 Å². The zero-order chi connectivity index (χ0) is 17.0. The minimum absolute atomic E-state index is 0.0356. The molecule has 23 heavy (non-hydrogen) atoms. The fourth-order valence-electron chi connectivity index (χ4n) is 2.55. The van der Waals surface area contributed by atoms with Crippen LogP contribution in [0, 0.1) is 0 Å². The summed E-state index contributed by atoms with van der Waals surface area (Å²) in [6.07, 6.45) is 4.88. The molecule has 3 amide bonds. The first-order valence-electron chi connectivity index (χ1n) is 8.19. The second-order valence-electron chi connectivity index (χ2n) is 7.00. The van der Waals surface area contributed by atoms with E-state index in [9.17, 15) is 9.59 Å². The highest BCUT2D eigenvalue weighted by molar-refractivity contribution is 5.93. The monoisotopic (exact) mass is 321 g/mol. The van der Waals surface area contributed by atoms with Crippen molar-refractivity contribution in [3.63, 3.8) is 0 Å². The van der Waals surface area contributed by atoms with Gasteiger partial charge in [-0.2, -0.15) is 5.10 Å². The summed E-state index contributed by atoms with van der Waals surface area (Å²) in [4.78, 5) is 26.1. The van der Waals surface area contributed by atoms with Gasteiger partial charge in [-0.25, -0.2) is 4.79 Å². The van der Waals surface area contributed by atoms with E-state index >= 15 is 0 Å². The number of nitrogens with one attached hydrogen (secondary N) is 2. The standard InChI is InChI=1S/C16H27N5O2/c1-5-21-11-12(10-17-21)14(22)18-13-6-8-20(9-7-13)15(23)19-16(2,3)4/h10-11,13H,5-9H2,1-4H3,(H,18,22)(H,19,23). The van der Waals surface area contributed by atoms with Crippen molar-refractivity contribution < 1.29 is 9.59 Å². The van der Waals surface area contributed by atoms with Crippen molar-refractivity contribution in [3.8, 4) is 0 Å². The highest BCUT2D eigenvalue weighted by Gasteiger charge is 2.26. The summed E-state index contributed by atoms with van der Waals surface area (Å²) in [5.74, 6) is -0.0951. The van der Waals surface area contributed by atoms with Crippen LogP contribution in [0.1, 0.15) is 50.9 Å². The average molecular weight is 321 g/mol. The predicted molar refractivity (Wildman–Crippen MR) is 88.2 cm³/mol. The summed E-state index contributed by atoms with van der Waals surface area (Å²) in [6, 6.07) is 0.0673. The fourth-order valence-corrected chi connectivity index (χ4v) is 2.55. The van der Waals surface area contributed by atoms with E-state index in [1.165, 1.54) is 0 Å². The van der Waals surface area contributed by atoms with Crippen LogP contribution < -0.4 is 10.6 Å². The topological polar surface area (TPSA) is 79.3 Å². The van der Waals surface area contributed by atoms with Crippen LogP contribution in [0.15, 0.2) is 12.4 Å². The van der Waals surface area contributed by atoms with Gasteiger partial charge in [-0.05, 0) is 40.5 Å². The van der Waals surface area contributed by atoms with E-state index in [0.717, 1.165) is 19.4 Å². The van der Waals surface area contributed by atoms with Gasteiger partial charge in [0.25, 0.3) is 5.91 Å². The maximum Gasteiger partial charge on any atom is 0.317 e. The number of hydrogen-bond donors (Lipinski definition) is 2. The van der Waals surface area contributed by atoms with E-state index in [2.05, 4.69) is 15.7 Å². The molecule has 0 aliphatic carbocycles. The van der Waals surface area contributed by atoms with E-state index < -0.39 is 0 Å². The number of amides is 3. The van der Waals surface area contributed by atoms with E-state index in [0.29, 0.717) is 18.7 Å². The molecule has 0 saturated carbocycles. The molecule has 0 spiro atoms. The Bertz CT molecular complexity index is 553. The third-order valence-corrected chi connectivity index (χ3v) is 3.82. The van der Waals surface area contributed by atoms with E-state index in [1.54, 1.807) is 17.1 Å². The van der Waals surface area contributed by atoms with E-state index in [1.807, 2.05) is 32.6 Å². The van der Waals surface area contributed by atoms with Crippen molar-refractivity contribution >= 4 is 11.9 Å². The van der Waals surface area contributed by atoms with E-state index in [-0.39, 0.29) is 23.5 Å². The molecule has 0 unspecified atom stereocenters. The minimum atomic E-state index is -0.235. The summed E-state index contributed by atoms with van der Waals surface area (Å²) >= 11 is 0. The second kappa shape index (κ2) is 7.02. The van der Waals surface area contributed by atoms with Gasteiger partial charge in [0.05, 0.1) is 11.8 Å². The number of urea groups is 1. The molecule has 1 saturated heterocycles. The summed E-state index contributed by atoms with van der Waals surface area (Å²) in [5.41, 5.74) is 0.349. The average Bonchev–Trinajstić information content (AvgIpc) is 2.95. The number of carbonyl (C=O) groups excluding carboxylic acids is 2. The molecule has 1 aromatic rings. The minimum Gasteiger partial charge on any atom is -0.349 e. The van der Waals surface area contributed by atoms with Crippen LogP contribution >= 0.6 is 0 Å². The molecule has 0 atom stereocenters. The van der Waals surface area contributed by atoms with Gasteiger partial charge in [-0.15, -0.1) is 0 Å². The number of likely N-dealkylation sites (tertiary alicyclic amines) is 1. The molecule has 0 radical (unpaired) electrons. The Hall–Kier alpha value is -2.05. The molecule has 2 rings (SSSR count). The number of rotatable bonds is 3. The van der Waals surface area contributed by atoms with Gasteiger partial charge in [0.1, 0.15) is 0 Å². The van der Waals surface area contributed by atoms with Crippen molar-refractivity contribution in [2.75, 3.05) is 13.1 Å². The number of aryl methyl sites for hydroxylation is 1. The van der Waals surface area contributed by atoms with Gasteiger partial charge in [-0.1, -0.05) is 0 Å². The lowest BCUT2D eigenvalue weighted by Gasteiger charge is -2.34. The van der Waals surface area contributed by atoms with Gasteiger partial charge >= 0.3 is 6.03 Å². The Morgan fingerprint density at radius 3 is 2.48 bits per heavy atom. The van der Waals surface area contributed by atoms with Crippen LogP contribution in [0.3, 0.4) is 0 Å². The maximum atomic E-state index is 12.2. The van der Waals surface area contributed by atoms with Gasteiger partial charge in [0.15, 0.2) is 0 Å². The summed E-state index contributed by atoms with van der Waals surface area (Å²) < 4.78 is 1.73. The molecule has 1 fully saturated rings. The number of nitrogens with zero attached hydrogens (tertiary/aromatic N) is 3. The highest BCUT2D eigenvalue weighted by Crippen LogP contribution is 2.12. The first-order chi connectivity index (χ1) is 10.8. The quantitative estimate of drug-likeness (QED) is 0.887. The smallest absolute Gasteiger partial charge is 0.317 e. The number of aromatic nitrogens is 2. The Kier molecular flexibility index (Phi) is 5.28. The van der Waals surface area contributed by atoms with Crippen molar-refractivity contribution in [3.05, 3.63) is 18.0 Å². The summed E-state index contributed by atoms with van der Waals surface area (Å²) in [5, 5.41) is 10.1. The third kappa shape index (κ3) is 4.97. The van der Waals surface area contributed by atoms with Crippen molar-refractivity contribution in [2.24, 2.45) is 0 Å². The van der Waals surface area contributed by atoms with Crippen molar-refractivity contribution in [1.29, 1.82) is 0 Å². The van der Waals surface area contributed by atoms with Crippen LogP contribution in [-0.4, -0.2) is 51.3 Å². The fraction of sp³-hybridized carbons (Fsp3) is 0.688. The number of carbonyl (C=O) groups is 2. The molecule has 7 nitrogen and oxygen atoms in total. The van der Waals surface area contributed by atoms with Crippen molar-refractivity contribution in [1.82, 2.24) is 25.3 Å². The van der Waals surface area contributed by atoms with E-state index in [4.69, 9.17) is 0 Å². The third-order valence-electron chi connectivity index (χ3n) is 3.82. The number of hydrogen-bond acceptors (Lipinski definition) is 3. The molecule has 2 heterocycles. The zero-order valence-electron chi connectivity index (χ0n) is 14.4. The molecule has 1 aliphatic heterocycles. The lowest BCUT2D eigenvalue weighted by molar-refractivity contribution is 0.0917. The molecular formula is C16H27N5O2. The highest BCUT2D eigenvalue weighted by atomic mass is 16.2. The predicted octanol–water partition coefficient (Wildman–Crippen LogP) is 1.61. The molecule has 1 aliphatic rings. The van der Waals surface area contributed by atoms with Gasteiger partial charge in [0, 0.05) is 37.4 Å². The molecule has 0 bridgehead atoms. The molecule has 1 aromatic heterocycles. The normalized spacial score (nSPS) is 16.3. The summed E-state index contributed by atoms with van der Waals surface area (Å²) in [7, 11) is 0. The van der Waals surface area contributed by atoms with Crippen LogP contribution in [0.5, 0.6) is 0 Å². The second-order valence-corrected chi connectivity index (χ2v) is 7.00. The molecule has 128 valence electrons. The molecule has 0 aromatic carbocycles. The Morgan fingerprint density at radius 1 is 1.30 bits per heavy atom. The SMILES string of the molecule is CCn1cc(C(=O)NC2CCN(C(=O)NC(C)(C)C)CC2)cn1. The molecular weight excluding hydrogens is 294 g/mol. The van der Waals surface area contributed by atoms with Gasteiger partial charge in [-0.3, -0.25) is 9.48 Å². The lowest BCUT2D eigenvalue weighted by atomic mass is 10.0. The first-order valence-corrected chi connectivity index (χ1v) is 8.19. The van der Waals surface area contributed by atoms with Crippen LogP contribution in [0.4, 0.5) is 4.79 Å². The van der Waals surface area contributed by atoms with Crippen LogP contribution in [-0.2, 0) is 6.54 Å². The molecule has 7 heteroatoms. The summed E-state index contributed by atoms with van der Waals surface area (Å²) in [6.45, 7) is 9.93. The van der Waals surface area contributed by atoms with Crippen LogP contribution in [0.25, 0.3) is 0 Å². The Balaban J connectivity index is 1.80. The Morgan fingerprint density at radius 2 is 1.96 bits per heavy atom. The number of piperidine rings is 1. The van der Waals surface area contributed by atoms with Crippen molar-refractivity contribution in [2.45, 2.75) is 58.7 Å². The molecule has 2 N–H and O–H groups in total. The Labute approximate surface area is 137 Å². The van der Waals surface area contributed by atoms with Gasteiger partial charge in [0.2, 0.25) is 0 Å². The largest absolute Gasteiger partial charge is 0.349 e. The van der Waals surface area contributed by atoms with Crippen LogP contribution in [0.2, 0.25) is 0 Å².